The zero-order valence-electron chi connectivity index (χ0n) is 20.0. The molecular weight excluding hydrogens is 452 g/mol. The fourth-order valence-corrected chi connectivity index (χ4v) is 4.33. The van der Waals surface area contributed by atoms with E-state index >= 15 is 0 Å². The molecule has 0 spiro atoms. The van der Waals surface area contributed by atoms with Gasteiger partial charge in [0.2, 0.25) is 0 Å². The Morgan fingerprint density at radius 3 is 2.42 bits per heavy atom. The number of ether oxygens (including phenoxy) is 1. The number of carbonyl (C=O) groups is 2. The van der Waals surface area contributed by atoms with E-state index in [4.69, 9.17) is 9.15 Å². The van der Waals surface area contributed by atoms with E-state index < -0.39 is 0 Å². The van der Waals surface area contributed by atoms with E-state index in [0.29, 0.717) is 29.7 Å². The van der Waals surface area contributed by atoms with Crippen molar-refractivity contribution in [3.63, 3.8) is 0 Å². The van der Waals surface area contributed by atoms with Crippen LogP contribution in [0, 0.1) is 0 Å². The smallest absolute Gasteiger partial charge is 0.290 e. The predicted molar refractivity (Wildman–Crippen MR) is 137 cm³/mol. The molecule has 2 aliphatic carbocycles. The van der Waals surface area contributed by atoms with Crippen molar-refractivity contribution in [3.05, 3.63) is 102 Å². The fourth-order valence-electron chi connectivity index (χ4n) is 4.33. The van der Waals surface area contributed by atoms with Crippen LogP contribution in [0.25, 0.3) is 10.8 Å². The first-order valence-corrected chi connectivity index (χ1v) is 12.5. The van der Waals surface area contributed by atoms with E-state index in [-0.39, 0.29) is 24.5 Å². The lowest BCUT2D eigenvalue weighted by atomic mass is 10.1. The van der Waals surface area contributed by atoms with Crippen molar-refractivity contribution in [3.8, 4) is 5.75 Å². The Morgan fingerprint density at radius 2 is 1.67 bits per heavy atom. The van der Waals surface area contributed by atoms with Gasteiger partial charge in [0, 0.05) is 24.2 Å². The summed E-state index contributed by atoms with van der Waals surface area (Å²) in [6, 6.07) is 25.7. The summed E-state index contributed by atoms with van der Waals surface area (Å²) in [5.41, 5.74) is 1.64. The molecule has 0 bridgehead atoms. The van der Waals surface area contributed by atoms with Gasteiger partial charge in [-0.15, -0.1) is 0 Å². The molecule has 0 aliphatic heterocycles. The zero-order chi connectivity index (χ0) is 24.5. The highest BCUT2D eigenvalue weighted by Crippen LogP contribution is 2.30. The van der Waals surface area contributed by atoms with Crippen LogP contribution < -0.4 is 10.1 Å². The number of amides is 2. The third-order valence-corrected chi connectivity index (χ3v) is 6.70. The number of benzene rings is 3. The summed E-state index contributed by atoms with van der Waals surface area (Å²) in [6.07, 6.45) is 4.11. The molecule has 182 valence electrons. The number of nitrogens with one attached hydrogen (secondary N) is 1. The summed E-state index contributed by atoms with van der Waals surface area (Å²) in [5.74, 6) is 1.53. The van der Waals surface area contributed by atoms with Crippen molar-refractivity contribution >= 4 is 22.6 Å². The van der Waals surface area contributed by atoms with Crippen LogP contribution in [0.3, 0.4) is 0 Å². The highest BCUT2D eigenvalue weighted by molar-refractivity contribution is 5.94. The monoisotopic (exact) mass is 480 g/mol. The highest BCUT2D eigenvalue weighted by Gasteiger charge is 2.34. The molecule has 6 heteroatoms. The molecule has 2 aliphatic rings. The first kappa shape index (κ1) is 22.4. The molecule has 0 unspecified atom stereocenters. The second-order valence-corrected chi connectivity index (χ2v) is 9.67. The third kappa shape index (κ3) is 5.13. The summed E-state index contributed by atoms with van der Waals surface area (Å²) in [6.45, 7) is 0.733. The Hall–Kier alpha value is -4.06. The summed E-state index contributed by atoms with van der Waals surface area (Å²) in [5, 5.41) is 5.28. The quantitative estimate of drug-likeness (QED) is 0.333. The summed E-state index contributed by atoms with van der Waals surface area (Å²) >= 11 is 0. The van der Waals surface area contributed by atoms with Gasteiger partial charge in [0.1, 0.15) is 18.1 Å². The van der Waals surface area contributed by atoms with E-state index in [1.165, 1.54) is 0 Å². The minimum atomic E-state index is -0.120. The molecule has 0 atom stereocenters. The maximum atomic E-state index is 13.3. The number of carbonyl (C=O) groups excluding carboxylic acids is 2. The van der Waals surface area contributed by atoms with E-state index in [0.717, 1.165) is 47.8 Å². The first-order chi connectivity index (χ1) is 17.6. The molecular formula is C30H28N2O4. The fraction of sp³-hybridized carbons (Fsp3) is 0.267. The van der Waals surface area contributed by atoms with E-state index in [9.17, 15) is 9.59 Å². The second kappa shape index (κ2) is 9.53. The van der Waals surface area contributed by atoms with Gasteiger partial charge in [0.25, 0.3) is 11.8 Å². The standard InChI is InChI=1S/C30H28N2O4/c33-29(31-24-10-11-24)22-7-5-20(6-8-22)18-32(25-12-13-25)30(34)28-16-15-27(36-28)19-35-26-14-9-21-3-1-2-4-23(21)17-26/h1-9,14-17,24-25H,10-13,18-19H2,(H,31,33). The Kier molecular flexibility index (Phi) is 5.93. The van der Waals surface area contributed by atoms with Gasteiger partial charge in [-0.2, -0.15) is 0 Å². The number of rotatable bonds is 9. The van der Waals surface area contributed by atoms with Crippen LogP contribution >= 0.6 is 0 Å². The van der Waals surface area contributed by atoms with Gasteiger partial charge in [-0.05, 0) is 78.4 Å². The molecule has 0 radical (unpaired) electrons. The molecule has 2 saturated carbocycles. The summed E-state index contributed by atoms with van der Waals surface area (Å²) in [7, 11) is 0. The van der Waals surface area contributed by atoms with Crippen molar-refractivity contribution in [2.75, 3.05) is 0 Å². The number of nitrogens with zero attached hydrogens (tertiary/aromatic N) is 1. The molecule has 6 rings (SSSR count). The Labute approximate surface area is 209 Å². The van der Waals surface area contributed by atoms with Crippen LogP contribution in [-0.4, -0.2) is 28.8 Å². The van der Waals surface area contributed by atoms with Gasteiger partial charge in [-0.3, -0.25) is 9.59 Å². The normalized spacial score (nSPS) is 15.0. The minimum absolute atomic E-state index is 0.0341. The lowest BCUT2D eigenvalue weighted by Crippen LogP contribution is -2.32. The van der Waals surface area contributed by atoms with Crippen molar-refractivity contribution in [1.82, 2.24) is 10.2 Å². The molecule has 3 aromatic carbocycles. The maximum absolute atomic E-state index is 13.3. The van der Waals surface area contributed by atoms with Gasteiger partial charge >= 0.3 is 0 Å². The maximum Gasteiger partial charge on any atom is 0.290 e. The van der Waals surface area contributed by atoms with Crippen molar-refractivity contribution in [1.29, 1.82) is 0 Å². The first-order valence-electron chi connectivity index (χ1n) is 12.5. The molecule has 1 N–H and O–H groups in total. The van der Waals surface area contributed by atoms with Crippen molar-refractivity contribution in [2.24, 2.45) is 0 Å². The molecule has 1 heterocycles. The molecule has 6 nitrogen and oxygen atoms in total. The number of fused-ring (bicyclic) bond motifs is 1. The van der Waals surface area contributed by atoms with Gasteiger partial charge in [0.05, 0.1) is 0 Å². The number of hydrogen-bond donors (Lipinski definition) is 1. The summed E-state index contributed by atoms with van der Waals surface area (Å²) in [4.78, 5) is 27.4. The second-order valence-electron chi connectivity index (χ2n) is 9.67. The van der Waals surface area contributed by atoms with Crippen LogP contribution in [0.15, 0.2) is 83.3 Å². The minimum Gasteiger partial charge on any atom is -0.486 e. The molecule has 0 saturated heterocycles. The SMILES string of the molecule is O=C(NC1CC1)c1ccc(CN(C(=O)c2ccc(COc3ccc4ccccc4c3)o2)C2CC2)cc1. The van der Waals surface area contributed by atoms with Crippen molar-refractivity contribution < 1.29 is 18.7 Å². The zero-order valence-corrected chi connectivity index (χ0v) is 20.0. The molecule has 4 aromatic rings. The molecule has 36 heavy (non-hydrogen) atoms. The van der Waals surface area contributed by atoms with Gasteiger partial charge in [-0.1, -0.05) is 42.5 Å². The van der Waals surface area contributed by atoms with Crippen molar-refractivity contribution in [2.45, 2.75) is 50.9 Å². The third-order valence-electron chi connectivity index (χ3n) is 6.70. The average molecular weight is 481 g/mol. The van der Waals surface area contributed by atoms with Crippen LogP contribution in [-0.2, 0) is 13.2 Å². The Bertz CT molecular complexity index is 1400. The lowest BCUT2D eigenvalue weighted by molar-refractivity contribution is 0.0693. The molecule has 2 amide bonds. The lowest BCUT2D eigenvalue weighted by Gasteiger charge is -2.21. The Balaban J connectivity index is 1.09. The summed E-state index contributed by atoms with van der Waals surface area (Å²) < 4.78 is 11.8. The molecule has 2 fully saturated rings. The average Bonchev–Trinajstić information content (AvgIpc) is 3.85. The van der Waals surface area contributed by atoms with Crippen LogP contribution in [0.1, 0.15) is 57.9 Å². The number of hydrogen-bond acceptors (Lipinski definition) is 4. The highest BCUT2D eigenvalue weighted by atomic mass is 16.5. The van der Waals surface area contributed by atoms with Gasteiger partial charge in [0.15, 0.2) is 5.76 Å². The van der Waals surface area contributed by atoms with Gasteiger partial charge in [-0.25, -0.2) is 0 Å². The number of furan rings is 1. The van der Waals surface area contributed by atoms with E-state index in [1.807, 2.05) is 59.5 Å². The Morgan fingerprint density at radius 1 is 0.889 bits per heavy atom. The predicted octanol–water partition coefficient (Wildman–Crippen LogP) is 5.71. The van der Waals surface area contributed by atoms with E-state index in [2.05, 4.69) is 17.4 Å². The van der Waals surface area contributed by atoms with Crippen LogP contribution in [0.5, 0.6) is 5.75 Å². The van der Waals surface area contributed by atoms with Crippen LogP contribution in [0.2, 0.25) is 0 Å². The van der Waals surface area contributed by atoms with Gasteiger partial charge < -0.3 is 19.4 Å². The largest absolute Gasteiger partial charge is 0.486 e. The molecule has 1 aromatic heterocycles. The van der Waals surface area contributed by atoms with E-state index in [1.54, 1.807) is 12.1 Å². The topological polar surface area (TPSA) is 71.8 Å². The van der Waals surface area contributed by atoms with Crippen LogP contribution in [0.4, 0.5) is 0 Å².